The molecule has 0 radical (unpaired) electrons. The third-order valence-electron chi connectivity index (χ3n) is 3.22. The largest absolute Gasteiger partial charge is 0.477 e. The molecule has 0 atom stereocenters. The molecule has 3 nitrogen and oxygen atoms in total. The highest BCUT2D eigenvalue weighted by atomic mass is 19.1. The van der Waals surface area contributed by atoms with Gasteiger partial charge in [0.1, 0.15) is 11.5 Å². The fourth-order valence-corrected chi connectivity index (χ4v) is 2.35. The second-order valence-electron chi connectivity index (χ2n) is 4.42. The highest BCUT2D eigenvalue weighted by Crippen LogP contribution is 2.28. The van der Waals surface area contributed by atoms with Gasteiger partial charge >= 0.3 is 5.97 Å². The zero-order valence-electron chi connectivity index (χ0n) is 10.5. The Hall–Kier alpha value is -1.84. The number of rotatable bonds is 4. The molecule has 18 heavy (non-hydrogen) atoms. The van der Waals surface area contributed by atoms with Crippen LogP contribution in [0.3, 0.4) is 0 Å². The number of aryl methyl sites for hydroxylation is 2. The van der Waals surface area contributed by atoms with Crippen molar-refractivity contribution in [3.05, 3.63) is 35.3 Å². The number of hydrogen-bond donors (Lipinski definition) is 1. The Morgan fingerprint density at radius 2 is 2.17 bits per heavy atom. The summed E-state index contributed by atoms with van der Waals surface area (Å²) in [7, 11) is 0. The lowest BCUT2D eigenvalue weighted by atomic mass is 10.1. The fraction of sp³-hybridized carbons (Fsp3) is 0.357. The van der Waals surface area contributed by atoms with Crippen LogP contribution in [0.25, 0.3) is 10.9 Å². The van der Waals surface area contributed by atoms with Gasteiger partial charge in [0.05, 0.1) is 5.52 Å². The van der Waals surface area contributed by atoms with Crippen LogP contribution in [0.5, 0.6) is 0 Å². The molecule has 0 saturated heterocycles. The number of unbranched alkanes of at least 4 members (excludes halogenated alkanes) is 1. The molecule has 1 aromatic carbocycles. The van der Waals surface area contributed by atoms with Gasteiger partial charge in [-0.05, 0) is 25.0 Å². The van der Waals surface area contributed by atoms with Crippen LogP contribution in [0.1, 0.15) is 35.8 Å². The molecule has 0 amide bonds. The summed E-state index contributed by atoms with van der Waals surface area (Å²) in [6.07, 6.45) is 1.77. The minimum atomic E-state index is -1.00. The molecule has 0 bridgehead atoms. The van der Waals surface area contributed by atoms with Gasteiger partial charge in [0.2, 0.25) is 0 Å². The van der Waals surface area contributed by atoms with Crippen LogP contribution >= 0.6 is 0 Å². The SMILES string of the molecule is CCCCn1c(C(=O)O)c(C)c2cccc(F)c21. The Labute approximate surface area is 105 Å². The molecule has 0 fully saturated rings. The zero-order valence-corrected chi connectivity index (χ0v) is 10.5. The maximum atomic E-state index is 13.9. The van der Waals surface area contributed by atoms with Gasteiger partial charge in [-0.25, -0.2) is 9.18 Å². The van der Waals surface area contributed by atoms with Gasteiger partial charge in [-0.3, -0.25) is 0 Å². The van der Waals surface area contributed by atoms with Crippen LogP contribution in [0.4, 0.5) is 4.39 Å². The molecule has 1 heterocycles. The third kappa shape index (κ3) is 1.88. The van der Waals surface area contributed by atoms with Crippen molar-refractivity contribution in [3.8, 4) is 0 Å². The van der Waals surface area contributed by atoms with Gasteiger partial charge in [-0.2, -0.15) is 0 Å². The molecule has 4 heteroatoms. The van der Waals surface area contributed by atoms with Gasteiger partial charge in [0.15, 0.2) is 0 Å². The Balaban J connectivity index is 2.76. The first-order valence-electron chi connectivity index (χ1n) is 6.08. The maximum Gasteiger partial charge on any atom is 0.352 e. The van der Waals surface area contributed by atoms with Crippen molar-refractivity contribution in [3.63, 3.8) is 0 Å². The number of fused-ring (bicyclic) bond motifs is 1. The molecule has 0 aliphatic carbocycles. The molecule has 96 valence electrons. The molecule has 1 N–H and O–H groups in total. The Bertz CT molecular complexity index is 601. The second-order valence-corrected chi connectivity index (χ2v) is 4.42. The molecule has 0 saturated carbocycles. The van der Waals surface area contributed by atoms with Crippen molar-refractivity contribution >= 4 is 16.9 Å². The van der Waals surface area contributed by atoms with Crippen LogP contribution < -0.4 is 0 Å². The van der Waals surface area contributed by atoms with Crippen molar-refractivity contribution in [1.29, 1.82) is 0 Å². The van der Waals surface area contributed by atoms with Crippen LogP contribution in [0.15, 0.2) is 18.2 Å². The maximum absolute atomic E-state index is 13.9. The Morgan fingerprint density at radius 1 is 1.44 bits per heavy atom. The number of halogens is 1. The average molecular weight is 249 g/mol. The standard InChI is InChI=1S/C14H16FNO2/c1-3-4-8-16-12(14(17)18)9(2)10-6-5-7-11(15)13(10)16/h5-7H,3-4,8H2,1-2H3,(H,17,18). The number of aromatic nitrogens is 1. The van der Waals surface area contributed by atoms with Gasteiger partial charge in [0, 0.05) is 11.9 Å². The molecule has 1 aromatic heterocycles. The van der Waals surface area contributed by atoms with Gasteiger partial charge < -0.3 is 9.67 Å². The quantitative estimate of drug-likeness (QED) is 0.899. The number of carboxylic acids is 1. The van der Waals surface area contributed by atoms with E-state index in [2.05, 4.69) is 0 Å². The Kier molecular flexibility index (Phi) is 3.36. The van der Waals surface area contributed by atoms with E-state index in [1.54, 1.807) is 23.6 Å². The normalized spacial score (nSPS) is 11.1. The average Bonchev–Trinajstić information content (AvgIpc) is 2.61. The number of nitrogens with zero attached hydrogens (tertiary/aromatic N) is 1. The van der Waals surface area contributed by atoms with E-state index in [0.29, 0.717) is 23.0 Å². The number of carbonyl (C=O) groups is 1. The summed E-state index contributed by atoms with van der Waals surface area (Å²) in [5.41, 5.74) is 1.23. The van der Waals surface area contributed by atoms with Crippen LogP contribution in [0.2, 0.25) is 0 Å². The summed E-state index contributed by atoms with van der Waals surface area (Å²) in [6, 6.07) is 4.75. The number of carboxylic acid groups (broad SMARTS) is 1. The predicted octanol–water partition coefficient (Wildman–Crippen LogP) is 3.59. The van der Waals surface area contributed by atoms with Crippen LogP contribution in [-0.4, -0.2) is 15.6 Å². The van der Waals surface area contributed by atoms with E-state index >= 15 is 0 Å². The molecule has 0 aliphatic heterocycles. The molecule has 0 unspecified atom stereocenters. The summed E-state index contributed by atoms with van der Waals surface area (Å²) < 4.78 is 15.5. The zero-order chi connectivity index (χ0) is 13.3. The highest BCUT2D eigenvalue weighted by molar-refractivity contribution is 5.98. The summed E-state index contributed by atoms with van der Waals surface area (Å²) in [5.74, 6) is -1.36. The Morgan fingerprint density at radius 3 is 2.78 bits per heavy atom. The van der Waals surface area contributed by atoms with Gasteiger partial charge in [-0.1, -0.05) is 25.5 Å². The summed E-state index contributed by atoms with van der Waals surface area (Å²) >= 11 is 0. The minimum absolute atomic E-state index is 0.198. The van der Waals surface area contributed by atoms with E-state index in [1.807, 2.05) is 6.92 Å². The van der Waals surface area contributed by atoms with E-state index in [1.165, 1.54) is 6.07 Å². The van der Waals surface area contributed by atoms with Crippen molar-refractivity contribution in [2.75, 3.05) is 0 Å². The fourth-order valence-electron chi connectivity index (χ4n) is 2.35. The predicted molar refractivity (Wildman–Crippen MR) is 68.5 cm³/mol. The first-order chi connectivity index (χ1) is 8.57. The summed E-state index contributed by atoms with van der Waals surface area (Å²) in [4.78, 5) is 11.3. The minimum Gasteiger partial charge on any atom is -0.477 e. The lowest BCUT2D eigenvalue weighted by Gasteiger charge is -2.08. The topological polar surface area (TPSA) is 42.2 Å². The van der Waals surface area contributed by atoms with Crippen molar-refractivity contribution in [2.24, 2.45) is 0 Å². The second kappa shape index (κ2) is 4.80. The van der Waals surface area contributed by atoms with E-state index in [-0.39, 0.29) is 11.5 Å². The van der Waals surface area contributed by atoms with E-state index in [0.717, 1.165) is 12.8 Å². The summed E-state index contributed by atoms with van der Waals surface area (Å²) in [5, 5.41) is 9.98. The van der Waals surface area contributed by atoms with Crippen LogP contribution in [-0.2, 0) is 6.54 Å². The highest BCUT2D eigenvalue weighted by Gasteiger charge is 2.21. The number of benzene rings is 1. The van der Waals surface area contributed by atoms with Crippen molar-refractivity contribution in [2.45, 2.75) is 33.2 Å². The van der Waals surface area contributed by atoms with E-state index in [4.69, 9.17) is 0 Å². The number of aromatic carboxylic acids is 1. The van der Waals surface area contributed by atoms with Crippen molar-refractivity contribution < 1.29 is 14.3 Å². The molecule has 2 aromatic rings. The van der Waals surface area contributed by atoms with E-state index in [9.17, 15) is 14.3 Å². The smallest absolute Gasteiger partial charge is 0.352 e. The lowest BCUT2D eigenvalue weighted by molar-refractivity contribution is 0.0684. The third-order valence-corrected chi connectivity index (χ3v) is 3.22. The van der Waals surface area contributed by atoms with E-state index < -0.39 is 5.97 Å². The van der Waals surface area contributed by atoms with Gasteiger partial charge in [-0.15, -0.1) is 0 Å². The molecule has 0 aliphatic rings. The van der Waals surface area contributed by atoms with Crippen LogP contribution in [0, 0.1) is 12.7 Å². The number of para-hydroxylation sites is 1. The number of hydrogen-bond acceptors (Lipinski definition) is 1. The first kappa shape index (κ1) is 12.6. The monoisotopic (exact) mass is 249 g/mol. The van der Waals surface area contributed by atoms with Crippen molar-refractivity contribution in [1.82, 2.24) is 4.57 Å². The molecule has 2 rings (SSSR count). The molecular formula is C14H16FNO2. The lowest BCUT2D eigenvalue weighted by Crippen LogP contribution is -2.10. The molecule has 0 spiro atoms. The molecular weight excluding hydrogens is 233 g/mol. The first-order valence-corrected chi connectivity index (χ1v) is 6.08. The summed E-state index contributed by atoms with van der Waals surface area (Å²) in [6.45, 7) is 4.28. The van der Waals surface area contributed by atoms with Gasteiger partial charge in [0.25, 0.3) is 0 Å².